The topological polar surface area (TPSA) is 53.5 Å². The van der Waals surface area contributed by atoms with Crippen LogP contribution >= 0.6 is 0 Å². The molecule has 2 aromatic carbocycles. The zero-order chi connectivity index (χ0) is 13.0. The molecule has 0 saturated heterocycles. The third-order valence-corrected chi connectivity index (χ3v) is 2.68. The largest absolute Gasteiger partial charge is 0.369 e. The van der Waals surface area contributed by atoms with Crippen molar-refractivity contribution >= 4 is 11.5 Å². The molecule has 0 aliphatic rings. The standard InChI is InChI=1S/C15H12N2O/c1-11-7-9-13(10-8-11)15(18)14(17-16)12-5-3-2-4-6-12/h2-10H,1H3. The Labute approximate surface area is 105 Å². The number of carbonyl (C=O) groups excluding carboxylic acids is 1. The van der Waals surface area contributed by atoms with Crippen molar-refractivity contribution in [1.82, 2.24) is 0 Å². The van der Waals surface area contributed by atoms with Crippen molar-refractivity contribution in [2.24, 2.45) is 0 Å². The highest BCUT2D eigenvalue weighted by Gasteiger charge is 2.23. The minimum absolute atomic E-state index is 0.0550. The number of rotatable bonds is 3. The van der Waals surface area contributed by atoms with Crippen LogP contribution in [0, 0.1) is 6.92 Å². The minimum atomic E-state index is -0.288. The molecule has 0 N–H and O–H groups in total. The maximum atomic E-state index is 12.2. The molecule has 0 bridgehead atoms. The monoisotopic (exact) mass is 236 g/mol. The molecule has 2 rings (SSSR count). The first kappa shape index (κ1) is 12.0. The molecule has 88 valence electrons. The van der Waals surface area contributed by atoms with Gasteiger partial charge < -0.3 is 5.53 Å². The molecule has 2 aromatic rings. The van der Waals surface area contributed by atoms with Crippen LogP contribution in [-0.2, 0) is 0 Å². The molecule has 0 aromatic heterocycles. The Balaban J connectivity index is 2.39. The molecule has 0 fully saturated rings. The van der Waals surface area contributed by atoms with Gasteiger partial charge in [-0.2, -0.15) is 4.79 Å². The van der Waals surface area contributed by atoms with Crippen LogP contribution in [0.25, 0.3) is 5.53 Å². The summed E-state index contributed by atoms with van der Waals surface area (Å²) in [4.78, 5) is 15.3. The third kappa shape index (κ3) is 2.42. The number of ketones is 1. The number of hydrogen-bond acceptors (Lipinski definition) is 1. The quantitative estimate of drug-likeness (QED) is 0.350. The molecule has 0 aliphatic heterocycles. The van der Waals surface area contributed by atoms with Crippen molar-refractivity contribution in [3.05, 3.63) is 76.8 Å². The summed E-state index contributed by atoms with van der Waals surface area (Å²) < 4.78 is 0. The number of nitrogens with zero attached hydrogens (tertiary/aromatic N) is 2. The van der Waals surface area contributed by atoms with E-state index in [-0.39, 0.29) is 11.5 Å². The first-order valence-corrected chi connectivity index (χ1v) is 5.61. The highest BCUT2D eigenvalue weighted by atomic mass is 16.1. The zero-order valence-corrected chi connectivity index (χ0v) is 10.00. The number of Topliss-reactive ketones (excluding diaryl/α,β-unsaturated/α-hetero) is 1. The van der Waals surface area contributed by atoms with Gasteiger partial charge in [-0.3, -0.25) is 4.79 Å². The van der Waals surface area contributed by atoms with Crippen LogP contribution < -0.4 is 0 Å². The average molecular weight is 236 g/mol. The van der Waals surface area contributed by atoms with Crippen molar-refractivity contribution in [3.63, 3.8) is 0 Å². The van der Waals surface area contributed by atoms with Crippen molar-refractivity contribution in [2.45, 2.75) is 6.92 Å². The van der Waals surface area contributed by atoms with Crippen molar-refractivity contribution < 1.29 is 9.58 Å². The third-order valence-electron chi connectivity index (χ3n) is 2.68. The second-order valence-electron chi connectivity index (χ2n) is 4.01. The Morgan fingerprint density at radius 1 is 0.944 bits per heavy atom. The smallest absolute Gasteiger partial charge is 0.361 e. The molecule has 0 heterocycles. The van der Waals surface area contributed by atoms with E-state index in [1.807, 2.05) is 25.1 Å². The van der Waals surface area contributed by atoms with Gasteiger partial charge in [-0.15, -0.1) is 0 Å². The maximum absolute atomic E-state index is 12.2. The second kappa shape index (κ2) is 5.21. The van der Waals surface area contributed by atoms with Crippen LogP contribution in [0.5, 0.6) is 0 Å². The van der Waals surface area contributed by atoms with Crippen molar-refractivity contribution in [1.29, 1.82) is 0 Å². The second-order valence-corrected chi connectivity index (χ2v) is 4.01. The molecule has 0 saturated carbocycles. The molecule has 3 heteroatoms. The summed E-state index contributed by atoms with van der Waals surface area (Å²) in [5, 5.41) is 0. The molecule has 0 unspecified atom stereocenters. The highest BCUT2D eigenvalue weighted by molar-refractivity contribution is 6.49. The highest BCUT2D eigenvalue weighted by Crippen LogP contribution is 2.08. The lowest BCUT2D eigenvalue weighted by atomic mass is 10.0. The maximum Gasteiger partial charge on any atom is 0.369 e. The molecular weight excluding hydrogens is 224 g/mol. The molecule has 0 atom stereocenters. The predicted octanol–water partition coefficient (Wildman–Crippen LogP) is 2.90. The van der Waals surface area contributed by atoms with Gasteiger partial charge in [0.1, 0.15) is 0 Å². The van der Waals surface area contributed by atoms with Gasteiger partial charge in [0.05, 0.1) is 5.56 Å². The molecule has 0 amide bonds. The van der Waals surface area contributed by atoms with E-state index in [2.05, 4.69) is 4.79 Å². The molecule has 0 spiro atoms. The van der Waals surface area contributed by atoms with E-state index in [1.54, 1.807) is 36.4 Å². The SMILES string of the molecule is Cc1ccc(C(=O)C(=[N+]=[N-])c2ccccc2)cc1. The lowest BCUT2D eigenvalue weighted by Gasteiger charge is -1.98. The van der Waals surface area contributed by atoms with E-state index in [9.17, 15) is 4.79 Å². The van der Waals surface area contributed by atoms with Gasteiger partial charge in [0.2, 0.25) is 0 Å². The average Bonchev–Trinajstić information content (AvgIpc) is 2.41. The van der Waals surface area contributed by atoms with Crippen LogP contribution in [-0.4, -0.2) is 16.3 Å². The molecule has 3 nitrogen and oxygen atoms in total. The van der Waals surface area contributed by atoms with E-state index in [0.29, 0.717) is 11.1 Å². The summed E-state index contributed by atoms with van der Waals surface area (Å²) >= 11 is 0. The van der Waals surface area contributed by atoms with Crippen LogP contribution in [0.3, 0.4) is 0 Å². The van der Waals surface area contributed by atoms with E-state index < -0.39 is 0 Å². The first-order valence-electron chi connectivity index (χ1n) is 5.61. The summed E-state index contributed by atoms with van der Waals surface area (Å²) in [6.45, 7) is 1.95. The Bertz CT molecular complexity index is 609. The Hall–Kier alpha value is -2.51. The fourth-order valence-electron chi connectivity index (χ4n) is 1.67. The lowest BCUT2D eigenvalue weighted by molar-refractivity contribution is -0.00497. The van der Waals surface area contributed by atoms with E-state index in [1.165, 1.54) is 0 Å². The molecule has 18 heavy (non-hydrogen) atoms. The van der Waals surface area contributed by atoms with Crippen molar-refractivity contribution in [3.8, 4) is 0 Å². The van der Waals surface area contributed by atoms with Gasteiger partial charge >= 0.3 is 5.71 Å². The zero-order valence-electron chi connectivity index (χ0n) is 10.00. The fraction of sp³-hybridized carbons (Fsp3) is 0.0667. The first-order chi connectivity index (χ1) is 8.72. The van der Waals surface area contributed by atoms with Crippen LogP contribution in [0.2, 0.25) is 0 Å². The Morgan fingerprint density at radius 2 is 1.56 bits per heavy atom. The summed E-state index contributed by atoms with van der Waals surface area (Å²) in [6.07, 6.45) is 0. The summed E-state index contributed by atoms with van der Waals surface area (Å²) in [6, 6.07) is 16.1. The summed E-state index contributed by atoms with van der Waals surface area (Å²) in [5.41, 5.74) is 11.3. The number of carbonyl (C=O) groups is 1. The minimum Gasteiger partial charge on any atom is -0.361 e. The van der Waals surface area contributed by atoms with E-state index in [4.69, 9.17) is 5.53 Å². The predicted molar refractivity (Wildman–Crippen MR) is 69.7 cm³/mol. The van der Waals surface area contributed by atoms with Gasteiger partial charge in [-0.25, -0.2) is 0 Å². The van der Waals surface area contributed by atoms with Crippen LogP contribution in [0.4, 0.5) is 0 Å². The van der Waals surface area contributed by atoms with E-state index in [0.717, 1.165) is 5.56 Å². The van der Waals surface area contributed by atoms with Gasteiger partial charge in [-0.1, -0.05) is 48.0 Å². The van der Waals surface area contributed by atoms with Gasteiger partial charge in [0.25, 0.3) is 5.78 Å². The van der Waals surface area contributed by atoms with Gasteiger partial charge in [0, 0.05) is 5.56 Å². The van der Waals surface area contributed by atoms with Crippen molar-refractivity contribution in [2.75, 3.05) is 0 Å². The molecular formula is C15H12N2O. The van der Waals surface area contributed by atoms with Gasteiger partial charge in [0.15, 0.2) is 0 Å². The van der Waals surface area contributed by atoms with Gasteiger partial charge in [-0.05, 0) is 19.1 Å². The Kier molecular flexibility index (Phi) is 3.46. The molecule has 0 radical (unpaired) electrons. The summed E-state index contributed by atoms with van der Waals surface area (Å²) in [7, 11) is 0. The van der Waals surface area contributed by atoms with Crippen LogP contribution in [0.15, 0.2) is 54.6 Å². The number of benzene rings is 2. The molecule has 0 aliphatic carbocycles. The van der Waals surface area contributed by atoms with Crippen LogP contribution in [0.1, 0.15) is 21.5 Å². The summed E-state index contributed by atoms with van der Waals surface area (Å²) in [5.74, 6) is -0.288. The number of hydrogen-bond donors (Lipinski definition) is 0. The van der Waals surface area contributed by atoms with E-state index >= 15 is 0 Å². The number of aryl methyl sites for hydroxylation is 1. The lowest BCUT2D eigenvalue weighted by Crippen LogP contribution is -2.16. The Morgan fingerprint density at radius 3 is 2.11 bits per heavy atom. The normalized spacial score (nSPS) is 9.61. The fourth-order valence-corrected chi connectivity index (χ4v) is 1.67.